The van der Waals surface area contributed by atoms with Crippen molar-refractivity contribution < 1.29 is 14.0 Å². The van der Waals surface area contributed by atoms with Crippen molar-refractivity contribution in [2.24, 2.45) is 0 Å². The number of rotatable bonds is 7. The Morgan fingerprint density at radius 1 is 0.963 bits per heavy atom. The van der Waals surface area contributed by atoms with Crippen LogP contribution in [0.25, 0.3) is 0 Å². The normalized spacial score (nSPS) is 14.7. The molecule has 1 aromatic heterocycles. The largest absolute Gasteiger partial charge is 0.444 e. The van der Waals surface area contributed by atoms with Crippen LogP contribution in [0.1, 0.15) is 40.9 Å². The van der Waals surface area contributed by atoms with Gasteiger partial charge in [-0.25, -0.2) is 0 Å². The number of carbonyl (C=O) groups is 2. The van der Waals surface area contributed by atoms with E-state index in [0.717, 1.165) is 12.1 Å². The Morgan fingerprint density at radius 3 is 2.33 bits per heavy atom. The molecule has 0 atom stereocenters. The van der Waals surface area contributed by atoms with Crippen LogP contribution in [0.4, 0.5) is 0 Å². The van der Waals surface area contributed by atoms with Crippen molar-refractivity contribution in [2.45, 2.75) is 32.4 Å². The number of likely N-dealkylation sites (tertiary alicyclic amines) is 1. The molecule has 1 aliphatic heterocycles. The highest BCUT2D eigenvalue weighted by molar-refractivity contribution is 9.10. The first-order valence-electron chi connectivity index (χ1n) is 9.20. The van der Waals surface area contributed by atoms with Gasteiger partial charge in [-0.2, -0.15) is 0 Å². The van der Waals surface area contributed by atoms with Crippen LogP contribution < -0.4 is 10.6 Å². The predicted octanol–water partition coefficient (Wildman–Crippen LogP) is 3.07. The van der Waals surface area contributed by atoms with Crippen molar-refractivity contribution in [1.82, 2.24) is 15.5 Å². The van der Waals surface area contributed by atoms with E-state index in [1.807, 2.05) is 12.1 Å². The number of nitrogens with one attached hydrogen (secondary N) is 2. The SMILES string of the molecule is O=C(CNC(=O)c1ccc(Br)o1)NCc1ccc(CN2CCCCC2)cc1. The highest BCUT2D eigenvalue weighted by atomic mass is 79.9. The van der Waals surface area contributed by atoms with Gasteiger partial charge in [-0.05, 0) is 65.1 Å². The highest BCUT2D eigenvalue weighted by Gasteiger charge is 2.12. The summed E-state index contributed by atoms with van der Waals surface area (Å²) in [6.45, 7) is 3.69. The second-order valence-corrected chi connectivity index (χ2v) is 7.50. The van der Waals surface area contributed by atoms with Gasteiger partial charge in [0.2, 0.25) is 5.91 Å². The van der Waals surface area contributed by atoms with Crippen molar-refractivity contribution in [3.05, 3.63) is 58.0 Å². The Morgan fingerprint density at radius 2 is 1.67 bits per heavy atom. The molecule has 3 rings (SSSR count). The van der Waals surface area contributed by atoms with Gasteiger partial charge in [0.1, 0.15) is 0 Å². The van der Waals surface area contributed by atoms with Gasteiger partial charge in [-0.1, -0.05) is 30.7 Å². The first kappa shape index (κ1) is 19.6. The molecule has 0 bridgehead atoms. The summed E-state index contributed by atoms with van der Waals surface area (Å²) in [4.78, 5) is 26.2. The lowest BCUT2D eigenvalue weighted by molar-refractivity contribution is -0.120. The smallest absolute Gasteiger partial charge is 0.287 e. The molecule has 2 aromatic rings. The Bertz CT molecular complexity index is 767. The number of benzene rings is 1. The van der Waals surface area contributed by atoms with Crippen molar-refractivity contribution in [2.75, 3.05) is 19.6 Å². The molecule has 0 radical (unpaired) electrons. The zero-order valence-corrected chi connectivity index (χ0v) is 16.8. The zero-order valence-electron chi connectivity index (χ0n) is 15.2. The number of furan rings is 1. The molecule has 1 aliphatic rings. The fraction of sp³-hybridized carbons (Fsp3) is 0.400. The summed E-state index contributed by atoms with van der Waals surface area (Å²) in [6.07, 6.45) is 3.92. The van der Waals surface area contributed by atoms with Crippen molar-refractivity contribution >= 4 is 27.7 Å². The minimum atomic E-state index is -0.419. The van der Waals surface area contributed by atoms with E-state index in [1.165, 1.54) is 37.9 Å². The molecule has 0 saturated carbocycles. The molecule has 0 aliphatic carbocycles. The van der Waals surface area contributed by atoms with Gasteiger partial charge >= 0.3 is 0 Å². The Hall–Kier alpha value is -2.12. The number of hydrogen-bond donors (Lipinski definition) is 2. The molecule has 27 heavy (non-hydrogen) atoms. The molecule has 6 nitrogen and oxygen atoms in total. The Kier molecular flexibility index (Phi) is 7.06. The minimum absolute atomic E-state index is 0.0931. The fourth-order valence-corrected chi connectivity index (χ4v) is 3.39. The van der Waals surface area contributed by atoms with Crippen molar-refractivity contribution in [3.63, 3.8) is 0 Å². The molecule has 0 spiro atoms. The summed E-state index contributed by atoms with van der Waals surface area (Å²) in [5, 5.41) is 5.34. The Labute approximate surface area is 167 Å². The van der Waals surface area contributed by atoms with E-state index in [2.05, 4.69) is 43.6 Å². The van der Waals surface area contributed by atoms with Crippen LogP contribution in [0.5, 0.6) is 0 Å². The number of hydrogen-bond acceptors (Lipinski definition) is 4. The molecule has 2 amide bonds. The summed E-state index contributed by atoms with van der Waals surface area (Å²) in [7, 11) is 0. The second-order valence-electron chi connectivity index (χ2n) is 6.72. The topological polar surface area (TPSA) is 74.6 Å². The monoisotopic (exact) mass is 433 g/mol. The molecule has 1 aromatic carbocycles. The van der Waals surface area contributed by atoms with Crippen molar-refractivity contribution in [1.29, 1.82) is 0 Å². The quantitative estimate of drug-likeness (QED) is 0.703. The molecule has 2 heterocycles. The average Bonchev–Trinajstić information content (AvgIpc) is 3.13. The lowest BCUT2D eigenvalue weighted by Gasteiger charge is -2.26. The first-order chi connectivity index (χ1) is 13.1. The van der Waals surface area contributed by atoms with Crippen LogP contribution in [0, 0.1) is 0 Å². The van der Waals surface area contributed by atoms with E-state index in [4.69, 9.17) is 4.42 Å². The van der Waals surface area contributed by atoms with Crippen LogP contribution in [-0.2, 0) is 17.9 Å². The second kappa shape index (κ2) is 9.71. The summed E-state index contributed by atoms with van der Waals surface area (Å²) in [6, 6.07) is 11.5. The summed E-state index contributed by atoms with van der Waals surface area (Å²) >= 11 is 3.14. The third kappa shape index (κ3) is 6.22. The first-order valence-corrected chi connectivity index (χ1v) is 10.00. The molecule has 1 fully saturated rings. The average molecular weight is 434 g/mol. The van der Waals surface area contributed by atoms with Crippen LogP contribution in [0.15, 0.2) is 45.5 Å². The lowest BCUT2D eigenvalue weighted by atomic mass is 10.1. The molecule has 0 unspecified atom stereocenters. The molecule has 7 heteroatoms. The van der Waals surface area contributed by atoms with E-state index in [-0.39, 0.29) is 18.2 Å². The maximum Gasteiger partial charge on any atom is 0.287 e. The van der Waals surface area contributed by atoms with Crippen LogP contribution >= 0.6 is 15.9 Å². The number of amides is 2. The van der Waals surface area contributed by atoms with Gasteiger partial charge in [0.25, 0.3) is 5.91 Å². The fourth-order valence-electron chi connectivity index (χ4n) is 3.09. The highest BCUT2D eigenvalue weighted by Crippen LogP contribution is 2.14. The van der Waals surface area contributed by atoms with Crippen molar-refractivity contribution in [3.8, 4) is 0 Å². The third-order valence-electron chi connectivity index (χ3n) is 4.57. The van der Waals surface area contributed by atoms with Gasteiger partial charge in [-0.15, -0.1) is 0 Å². The Balaban J connectivity index is 1.38. The summed E-state index contributed by atoms with van der Waals surface area (Å²) < 4.78 is 5.61. The molecule has 1 saturated heterocycles. The standard InChI is InChI=1S/C20H24BrN3O3/c21-18-9-8-17(27-18)20(26)23-13-19(25)22-12-15-4-6-16(7-5-15)14-24-10-2-1-3-11-24/h4-9H,1-3,10-14H2,(H,22,25)(H,23,26). The van der Waals surface area contributed by atoms with E-state index in [9.17, 15) is 9.59 Å². The van der Waals surface area contributed by atoms with Crippen LogP contribution in [0.3, 0.4) is 0 Å². The summed E-state index contributed by atoms with van der Waals surface area (Å²) in [5.41, 5.74) is 2.33. The van der Waals surface area contributed by atoms with Gasteiger partial charge < -0.3 is 15.1 Å². The summed E-state index contributed by atoms with van der Waals surface area (Å²) in [5.74, 6) is -0.497. The van der Waals surface area contributed by atoms with Crippen LogP contribution in [0.2, 0.25) is 0 Å². The third-order valence-corrected chi connectivity index (χ3v) is 5.00. The predicted molar refractivity (Wildman–Crippen MR) is 106 cm³/mol. The number of nitrogens with zero attached hydrogens (tertiary/aromatic N) is 1. The molecular formula is C20H24BrN3O3. The zero-order chi connectivity index (χ0) is 19.1. The number of carbonyl (C=O) groups excluding carboxylic acids is 2. The van der Waals surface area contributed by atoms with Gasteiger partial charge in [0.05, 0.1) is 6.54 Å². The molecular weight excluding hydrogens is 410 g/mol. The maximum atomic E-state index is 11.9. The maximum absolute atomic E-state index is 11.9. The van der Waals surface area contributed by atoms with Gasteiger partial charge in [0.15, 0.2) is 10.4 Å². The van der Waals surface area contributed by atoms with E-state index in [1.54, 1.807) is 12.1 Å². The van der Waals surface area contributed by atoms with E-state index >= 15 is 0 Å². The van der Waals surface area contributed by atoms with Gasteiger partial charge in [0, 0.05) is 13.1 Å². The van der Waals surface area contributed by atoms with Crippen LogP contribution in [-0.4, -0.2) is 36.3 Å². The van der Waals surface area contributed by atoms with E-state index < -0.39 is 5.91 Å². The molecule has 2 N–H and O–H groups in total. The molecule has 144 valence electrons. The number of halogens is 1. The lowest BCUT2D eigenvalue weighted by Crippen LogP contribution is -2.36. The minimum Gasteiger partial charge on any atom is -0.444 e. The van der Waals surface area contributed by atoms with E-state index in [0.29, 0.717) is 11.2 Å². The van der Waals surface area contributed by atoms with Gasteiger partial charge in [-0.3, -0.25) is 14.5 Å². The number of piperidine rings is 1.